The van der Waals surface area contributed by atoms with Gasteiger partial charge < -0.3 is 15.6 Å². The number of hydrogen-bond donors (Lipinski definition) is 3. The summed E-state index contributed by atoms with van der Waals surface area (Å²) in [6.45, 7) is 0.258. The Labute approximate surface area is 183 Å². The van der Waals surface area contributed by atoms with E-state index < -0.39 is 6.04 Å². The van der Waals surface area contributed by atoms with Crippen LogP contribution in [0.25, 0.3) is 21.0 Å². The topological polar surface area (TPSA) is 97.8 Å². The molecule has 2 aromatic carbocycles. The van der Waals surface area contributed by atoms with E-state index in [1.54, 1.807) is 11.3 Å². The van der Waals surface area contributed by atoms with E-state index >= 15 is 0 Å². The fourth-order valence-corrected chi connectivity index (χ4v) is 4.66. The molecule has 4 rings (SSSR count). The van der Waals surface area contributed by atoms with Crippen LogP contribution in [0.1, 0.15) is 17.5 Å². The van der Waals surface area contributed by atoms with Gasteiger partial charge in [0.1, 0.15) is 6.04 Å². The summed E-state index contributed by atoms with van der Waals surface area (Å²) in [4.78, 5) is 28.8. The van der Waals surface area contributed by atoms with Crippen LogP contribution in [0.3, 0.4) is 0 Å². The molecular weight excluding hydrogens is 408 g/mol. The number of amides is 2. The smallest absolute Gasteiger partial charge is 0.242 e. The molecule has 0 radical (unpaired) electrons. The minimum absolute atomic E-state index is 0.177. The van der Waals surface area contributed by atoms with Gasteiger partial charge in [0.15, 0.2) is 0 Å². The standard InChI is InChI=1S/C24H22N4O2S/c25-10-5-11-26-24(30)21(12-17-15-31-22-9-4-2-7-19(17)22)28-23(29)13-16-14-27-20-8-3-1-6-18(16)20/h1-4,6-9,14-15,21,27H,5,11-13H2,(H,26,30)(H,28,29). The van der Waals surface area contributed by atoms with Crippen molar-refractivity contribution in [3.8, 4) is 6.07 Å². The van der Waals surface area contributed by atoms with Gasteiger partial charge in [0, 0.05) is 34.8 Å². The number of nitrogens with zero attached hydrogens (tertiary/aromatic N) is 1. The number of rotatable bonds is 8. The summed E-state index contributed by atoms with van der Waals surface area (Å²) in [5.74, 6) is -0.498. The molecule has 31 heavy (non-hydrogen) atoms. The van der Waals surface area contributed by atoms with Crippen molar-refractivity contribution in [3.63, 3.8) is 0 Å². The summed E-state index contributed by atoms with van der Waals surface area (Å²) < 4.78 is 1.14. The van der Waals surface area contributed by atoms with Crippen LogP contribution >= 0.6 is 11.3 Å². The van der Waals surface area contributed by atoms with Crippen LogP contribution in [0, 0.1) is 11.3 Å². The minimum atomic E-state index is -0.714. The van der Waals surface area contributed by atoms with E-state index in [1.165, 1.54) is 0 Å². The van der Waals surface area contributed by atoms with Crippen molar-refractivity contribution in [2.45, 2.75) is 25.3 Å². The van der Waals surface area contributed by atoms with Gasteiger partial charge in [-0.15, -0.1) is 11.3 Å². The lowest BCUT2D eigenvalue weighted by Gasteiger charge is -2.18. The zero-order chi connectivity index (χ0) is 21.6. The number of benzene rings is 2. The second-order valence-corrected chi connectivity index (χ2v) is 8.23. The molecule has 0 saturated carbocycles. The van der Waals surface area contributed by atoms with Gasteiger partial charge in [-0.05, 0) is 34.0 Å². The summed E-state index contributed by atoms with van der Waals surface area (Å²) in [6, 6.07) is 17.1. The Morgan fingerprint density at radius 3 is 2.68 bits per heavy atom. The van der Waals surface area contributed by atoms with Crippen LogP contribution in [-0.4, -0.2) is 29.4 Å². The molecule has 3 N–H and O–H groups in total. The molecule has 0 fully saturated rings. The molecule has 1 atom stereocenters. The average Bonchev–Trinajstić information content (AvgIpc) is 3.38. The quantitative estimate of drug-likeness (QED) is 0.372. The molecule has 2 aromatic heterocycles. The lowest BCUT2D eigenvalue weighted by molar-refractivity contribution is -0.128. The van der Waals surface area contributed by atoms with Crippen LogP contribution < -0.4 is 10.6 Å². The predicted octanol–water partition coefficient (Wildman–Crippen LogP) is 3.68. The normalized spacial score (nSPS) is 11.8. The number of nitrogens with one attached hydrogen (secondary N) is 3. The van der Waals surface area contributed by atoms with Gasteiger partial charge in [0.25, 0.3) is 0 Å². The third kappa shape index (κ3) is 4.76. The number of aromatic amines is 1. The van der Waals surface area contributed by atoms with Crippen LogP contribution in [0.4, 0.5) is 0 Å². The van der Waals surface area contributed by atoms with E-state index in [0.717, 1.165) is 32.1 Å². The maximum atomic E-state index is 12.8. The molecule has 2 heterocycles. The molecule has 0 spiro atoms. The van der Waals surface area contributed by atoms with E-state index in [2.05, 4.69) is 15.6 Å². The molecule has 0 saturated heterocycles. The molecule has 4 aromatic rings. The fourth-order valence-electron chi connectivity index (χ4n) is 3.68. The first-order valence-electron chi connectivity index (χ1n) is 10.1. The SMILES string of the molecule is N#CCCNC(=O)C(Cc1csc2ccccc12)NC(=O)Cc1c[nH]c2ccccc12. The summed E-state index contributed by atoms with van der Waals surface area (Å²) >= 11 is 1.62. The van der Waals surface area contributed by atoms with Crippen molar-refractivity contribution < 1.29 is 9.59 Å². The third-order valence-corrected chi connectivity index (χ3v) is 6.21. The van der Waals surface area contributed by atoms with E-state index in [1.807, 2.05) is 66.2 Å². The van der Waals surface area contributed by atoms with E-state index in [9.17, 15) is 9.59 Å². The van der Waals surface area contributed by atoms with E-state index in [-0.39, 0.29) is 31.2 Å². The molecular formula is C24H22N4O2S. The number of hydrogen-bond acceptors (Lipinski definition) is 4. The minimum Gasteiger partial charge on any atom is -0.361 e. The molecule has 1 unspecified atom stereocenters. The zero-order valence-corrected chi connectivity index (χ0v) is 17.7. The second kappa shape index (κ2) is 9.45. The van der Waals surface area contributed by atoms with E-state index in [4.69, 9.17) is 5.26 Å². The van der Waals surface area contributed by atoms with Gasteiger partial charge in [-0.1, -0.05) is 36.4 Å². The van der Waals surface area contributed by atoms with Crippen LogP contribution in [-0.2, 0) is 22.4 Å². The average molecular weight is 431 g/mol. The fraction of sp³-hybridized carbons (Fsp3) is 0.208. The first-order chi connectivity index (χ1) is 15.2. The zero-order valence-electron chi connectivity index (χ0n) is 16.9. The van der Waals surface area contributed by atoms with Crippen molar-refractivity contribution in [3.05, 3.63) is 71.2 Å². The first kappa shape index (κ1) is 20.6. The molecule has 0 aliphatic heterocycles. The Kier molecular flexibility index (Phi) is 6.29. The highest BCUT2D eigenvalue weighted by atomic mass is 32.1. The molecule has 2 amide bonds. The highest BCUT2D eigenvalue weighted by Crippen LogP contribution is 2.26. The number of carbonyl (C=O) groups is 2. The third-order valence-electron chi connectivity index (χ3n) is 5.20. The largest absolute Gasteiger partial charge is 0.361 e. The second-order valence-electron chi connectivity index (χ2n) is 7.32. The molecule has 7 heteroatoms. The van der Waals surface area contributed by atoms with Crippen LogP contribution in [0.5, 0.6) is 0 Å². The summed E-state index contributed by atoms with van der Waals surface area (Å²) in [5.41, 5.74) is 2.88. The molecule has 0 bridgehead atoms. The Hall–Kier alpha value is -3.63. The molecule has 0 aliphatic carbocycles. The Morgan fingerprint density at radius 1 is 1.06 bits per heavy atom. The van der Waals surface area contributed by atoms with Gasteiger partial charge in [-0.2, -0.15) is 5.26 Å². The summed E-state index contributed by atoms with van der Waals surface area (Å²) in [5, 5.41) is 18.5. The summed E-state index contributed by atoms with van der Waals surface area (Å²) in [6.07, 6.45) is 2.63. The lowest BCUT2D eigenvalue weighted by Crippen LogP contribution is -2.48. The number of para-hydroxylation sites is 1. The van der Waals surface area contributed by atoms with Crippen molar-refractivity contribution in [2.24, 2.45) is 0 Å². The number of carbonyl (C=O) groups excluding carboxylic acids is 2. The van der Waals surface area contributed by atoms with Gasteiger partial charge in [-0.25, -0.2) is 0 Å². The Morgan fingerprint density at radius 2 is 1.84 bits per heavy atom. The van der Waals surface area contributed by atoms with Crippen molar-refractivity contribution >= 4 is 44.1 Å². The molecule has 156 valence electrons. The van der Waals surface area contributed by atoms with Crippen LogP contribution in [0.15, 0.2) is 60.1 Å². The number of nitriles is 1. The van der Waals surface area contributed by atoms with Crippen molar-refractivity contribution in [1.29, 1.82) is 5.26 Å². The number of thiophene rings is 1. The number of H-pyrrole nitrogens is 1. The number of fused-ring (bicyclic) bond motifs is 2. The Bertz CT molecular complexity index is 1270. The Balaban J connectivity index is 1.51. The highest BCUT2D eigenvalue weighted by molar-refractivity contribution is 7.17. The maximum Gasteiger partial charge on any atom is 0.242 e. The number of aromatic nitrogens is 1. The lowest BCUT2D eigenvalue weighted by atomic mass is 10.0. The highest BCUT2D eigenvalue weighted by Gasteiger charge is 2.23. The predicted molar refractivity (Wildman–Crippen MR) is 123 cm³/mol. The van der Waals surface area contributed by atoms with Gasteiger partial charge in [0.2, 0.25) is 11.8 Å². The maximum absolute atomic E-state index is 12.8. The first-order valence-corrected chi connectivity index (χ1v) is 11.0. The molecule has 0 aliphatic rings. The van der Waals surface area contributed by atoms with E-state index in [0.29, 0.717) is 6.42 Å². The van der Waals surface area contributed by atoms with Gasteiger partial charge >= 0.3 is 0 Å². The van der Waals surface area contributed by atoms with Gasteiger partial charge in [0.05, 0.1) is 18.9 Å². The van der Waals surface area contributed by atoms with Crippen LogP contribution in [0.2, 0.25) is 0 Å². The summed E-state index contributed by atoms with van der Waals surface area (Å²) in [7, 11) is 0. The van der Waals surface area contributed by atoms with Gasteiger partial charge in [-0.3, -0.25) is 9.59 Å². The van der Waals surface area contributed by atoms with Crippen molar-refractivity contribution in [2.75, 3.05) is 6.54 Å². The van der Waals surface area contributed by atoms with Crippen molar-refractivity contribution in [1.82, 2.24) is 15.6 Å². The molecule has 6 nitrogen and oxygen atoms in total. The monoisotopic (exact) mass is 430 g/mol.